The molecule has 0 saturated carbocycles. The topological polar surface area (TPSA) is 150 Å². The largest absolute Gasteiger partial charge is 0.514 e. The number of hydrogen-bond donors (Lipinski definition) is 2. The standard InChI is InChI=1S/C44H46F10NO11P/c1-23(2)32-20-33(36(61-7)21-34(32)45)31-11-10-28(42(46,47)48)18-27(31)22-55(39(56)66-41(4,5)6)24(3)38(26-16-29(43(49,50)51)19-30(17-26)44(52,53)54)65-40(57)64-35-12-9-25(15-37(35)62-8)13-14-63-67(58,59)60/h9-12,15-21,23-24,38H,13-14,22H2,1-8H3,(H2,58,59,60)/t24-,38-/m0/s1. The van der Waals surface area contributed by atoms with Crippen molar-refractivity contribution in [2.75, 3.05) is 20.8 Å². The van der Waals surface area contributed by atoms with Crippen molar-refractivity contribution in [2.24, 2.45) is 0 Å². The predicted molar refractivity (Wildman–Crippen MR) is 220 cm³/mol. The first-order valence-corrected chi connectivity index (χ1v) is 21.4. The van der Waals surface area contributed by atoms with E-state index in [2.05, 4.69) is 4.52 Å². The highest BCUT2D eigenvalue weighted by molar-refractivity contribution is 7.46. The zero-order chi connectivity index (χ0) is 50.6. The van der Waals surface area contributed by atoms with Gasteiger partial charge in [-0.15, -0.1) is 0 Å². The van der Waals surface area contributed by atoms with Crippen LogP contribution in [0.15, 0.2) is 66.7 Å². The number of carbonyl (C=O) groups is 2. The Hall–Kier alpha value is -5.57. The molecule has 0 aliphatic heterocycles. The number of methoxy groups -OCH3 is 2. The average Bonchev–Trinajstić information content (AvgIpc) is 3.19. The third-order valence-electron chi connectivity index (χ3n) is 9.80. The van der Waals surface area contributed by atoms with Gasteiger partial charge in [0.1, 0.15) is 17.2 Å². The number of ether oxygens (including phenoxy) is 5. The number of carbonyl (C=O) groups excluding carboxylic acids is 2. The quantitative estimate of drug-likeness (QED) is 0.0507. The molecule has 0 heterocycles. The number of amides is 1. The molecule has 0 fully saturated rings. The van der Waals surface area contributed by atoms with E-state index in [0.717, 1.165) is 39.3 Å². The summed E-state index contributed by atoms with van der Waals surface area (Å²) >= 11 is 0. The van der Waals surface area contributed by atoms with E-state index in [4.69, 9.17) is 33.5 Å². The van der Waals surface area contributed by atoms with Crippen LogP contribution >= 0.6 is 7.82 Å². The van der Waals surface area contributed by atoms with Gasteiger partial charge in [-0.25, -0.2) is 18.5 Å². The zero-order valence-corrected chi connectivity index (χ0v) is 37.8. The zero-order valence-electron chi connectivity index (χ0n) is 36.9. The van der Waals surface area contributed by atoms with Gasteiger partial charge in [0, 0.05) is 11.6 Å². The SMILES string of the molecule is COc1cc(CCOP(=O)(O)O)ccc1OC(=O)O[C@H](c1cc(C(F)(F)F)cc(C(F)(F)F)c1)[C@H](C)N(Cc1cc(C(F)(F)F)ccc1-c1cc(C(C)C)c(F)cc1OC)C(=O)OC(C)(C)C. The average molecular weight is 986 g/mol. The molecule has 0 aliphatic rings. The molecule has 0 aliphatic carbocycles. The van der Waals surface area contributed by atoms with Crippen LogP contribution in [0.5, 0.6) is 17.2 Å². The van der Waals surface area contributed by atoms with Gasteiger partial charge in [0.25, 0.3) is 0 Å². The number of hydrogen-bond acceptors (Lipinski definition) is 9. The van der Waals surface area contributed by atoms with Gasteiger partial charge in [0.2, 0.25) is 0 Å². The summed E-state index contributed by atoms with van der Waals surface area (Å²) < 4.78 is 187. The number of nitrogens with zero attached hydrogens (tertiary/aromatic N) is 1. The summed E-state index contributed by atoms with van der Waals surface area (Å²) in [5.41, 5.74) is -7.34. The van der Waals surface area contributed by atoms with Crippen LogP contribution in [0.2, 0.25) is 0 Å². The van der Waals surface area contributed by atoms with Gasteiger partial charge in [-0.05, 0) is 116 Å². The third-order valence-corrected chi connectivity index (χ3v) is 10.3. The summed E-state index contributed by atoms with van der Waals surface area (Å²) in [6, 6.07) is 6.58. The van der Waals surface area contributed by atoms with Gasteiger partial charge in [-0.3, -0.25) is 9.42 Å². The molecule has 4 rings (SSSR count). The molecule has 12 nitrogen and oxygen atoms in total. The van der Waals surface area contributed by atoms with E-state index in [1.165, 1.54) is 39.0 Å². The van der Waals surface area contributed by atoms with Crippen molar-refractivity contribution in [3.63, 3.8) is 0 Å². The summed E-state index contributed by atoms with van der Waals surface area (Å²) in [6.45, 7) is 7.01. The summed E-state index contributed by atoms with van der Waals surface area (Å²) in [6.07, 6.45) is -21.5. The fourth-order valence-electron chi connectivity index (χ4n) is 6.64. The van der Waals surface area contributed by atoms with Crippen LogP contribution in [0.1, 0.15) is 92.5 Å². The predicted octanol–water partition coefficient (Wildman–Crippen LogP) is 12.4. The monoisotopic (exact) mass is 985 g/mol. The summed E-state index contributed by atoms with van der Waals surface area (Å²) in [5.74, 6) is -2.02. The van der Waals surface area contributed by atoms with E-state index in [9.17, 15) is 53.7 Å². The molecule has 67 heavy (non-hydrogen) atoms. The molecule has 0 aromatic heterocycles. The minimum absolute atomic E-state index is 0.0338. The van der Waals surface area contributed by atoms with Crippen molar-refractivity contribution in [3.8, 4) is 28.4 Å². The van der Waals surface area contributed by atoms with E-state index >= 15 is 4.39 Å². The van der Waals surface area contributed by atoms with Crippen LogP contribution in [0.3, 0.4) is 0 Å². The molecule has 2 atom stereocenters. The first kappa shape index (κ1) is 54.0. The second kappa shape index (κ2) is 20.7. The second-order valence-corrected chi connectivity index (χ2v) is 17.5. The molecule has 23 heteroatoms. The molecule has 0 spiro atoms. The molecule has 0 radical (unpaired) electrons. The molecule has 0 saturated heterocycles. The van der Waals surface area contributed by atoms with E-state index < -0.39 is 109 Å². The van der Waals surface area contributed by atoms with Crippen molar-refractivity contribution in [1.82, 2.24) is 4.90 Å². The lowest BCUT2D eigenvalue weighted by Crippen LogP contribution is -2.45. The Morgan fingerprint density at radius 3 is 1.81 bits per heavy atom. The lowest BCUT2D eigenvalue weighted by atomic mass is 9.91. The molecule has 4 aromatic rings. The van der Waals surface area contributed by atoms with Crippen LogP contribution in [0, 0.1) is 5.82 Å². The minimum atomic E-state index is -5.43. The molecule has 0 bridgehead atoms. The maximum Gasteiger partial charge on any atom is 0.514 e. The molecule has 0 unspecified atom stereocenters. The number of halogens is 10. The fraction of sp³-hybridized carbons (Fsp3) is 0.409. The van der Waals surface area contributed by atoms with Crippen LogP contribution in [0.4, 0.5) is 53.5 Å². The molecule has 1 amide bonds. The van der Waals surface area contributed by atoms with Crippen LogP contribution in [0.25, 0.3) is 11.1 Å². The Labute approximate surface area is 377 Å². The number of phosphoric ester groups is 1. The Morgan fingerprint density at radius 1 is 0.716 bits per heavy atom. The maximum atomic E-state index is 15.2. The molecule has 4 aromatic carbocycles. The lowest BCUT2D eigenvalue weighted by Gasteiger charge is -2.36. The van der Waals surface area contributed by atoms with Crippen LogP contribution in [-0.4, -0.2) is 59.4 Å². The van der Waals surface area contributed by atoms with Crippen molar-refractivity contribution in [2.45, 2.75) is 96.7 Å². The summed E-state index contributed by atoms with van der Waals surface area (Å²) in [5, 5.41) is 0. The maximum absolute atomic E-state index is 15.2. The van der Waals surface area contributed by atoms with E-state index in [1.807, 2.05) is 0 Å². The molecule has 2 N–H and O–H groups in total. The molecular formula is C44H46F10NO11P. The number of rotatable bonds is 15. The molecule has 368 valence electrons. The van der Waals surface area contributed by atoms with E-state index in [1.54, 1.807) is 13.8 Å². The fourth-order valence-corrected chi connectivity index (χ4v) is 6.97. The first-order chi connectivity index (χ1) is 30.7. The number of phosphoric acid groups is 1. The third kappa shape index (κ3) is 14.7. The Morgan fingerprint density at radius 2 is 1.30 bits per heavy atom. The van der Waals surface area contributed by atoms with E-state index in [-0.39, 0.29) is 58.4 Å². The van der Waals surface area contributed by atoms with Gasteiger partial charge >= 0.3 is 38.6 Å². The van der Waals surface area contributed by atoms with Gasteiger partial charge in [-0.1, -0.05) is 26.0 Å². The Balaban J connectivity index is 1.97. The normalized spacial score (nSPS) is 13.5. The van der Waals surface area contributed by atoms with Crippen molar-refractivity contribution >= 4 is 20.1 Å². The van der Waals surface area contributed by atoms with Crippen molar-refractivity contribution in [1.29, 1.82) is 0 Å². The summed E-state index contributed by atoms with van der Waals surface area (Å²) in [7, 11) is -2.57. The van der Waals surface area contributed by atoms with Crippen molar-refractivity contribution < 1.29 is 96.1 Å². The Bertz CT molecular complexity index is 2430. The van der Waals surface area contributed by atoms with Gasteiger partial charge in [-0.2, -0.15) is 39.5 Å². The Kier molecular flexibility index (Phi) is 16.7. The van der Waals surface area contributed by atoms with Gasteiger partial charge < -0.3 is 33.5 Å². The smallest absolute Gasteiger partial charge is 0.496 e. The summed E-state index contributed by atoms with van der Waals surface area (Å²) in [4.78, 5) is 46.6. The van der Waals surface area contributed by atoms with Crippen molar-refractivity contribution in [3.05, 3.63) is 111 Å². The van der Waals surface area contributed by atoms with Crippen LogP contribution in [-0.2, 0) is 50.1 Å². The van der Waals surface area contributed by atoms with Gasteiger partial charge in [0.15, 0.2) is 17.6 Å². The van der Waals surface area contributed by atoms with Crippen LogP contribution < -0.4 is 14.2 Å². The highest BCUT2D eigenvalue weighted by Crippen LogP contribution is 2.43. The molecular weight excluding hydrogens is 939 g/mol. The highest BCUT2D eigenvalue weighted by atomic mass is 31.2. The van der Waals surface area contributed by atoms with E-state index in [0.29, 0.717) is 22.6 Å². The minimum Gasteiger partial charge on any atom is -0.496 e. The number of benzene rings is 4. The number of alkyl halides is 9. The first-order valence-electron chi connectivity index (χ1n) is 19.8. The highest BCUT2D eigenvalue weighted by Gasteiger charge is 2.42. The lowest BCUT2D eigenvalue weighted by molar-refractivity contribution is -0.143. The second-order valence-electron chi connectivity index (χ2n) is 16.2. The van der Waals surface area contributed by atoms with Gasteiger partial charge in [0.05, 0.1) is 50.1 Å².